The van der Waals surface area contributed by atoms with Gasteiger partial charge in [0.1, 0.15) is 5.57 Å². The molecule has 0 aromatic carbocycles. The molecule has 0 spiro atoms. The van der Waals surface area contributed by atoms with Gasteiger partial charge in [0.2, 0.25) is 0 Å². The van der Waals surface area contributed by atoms with E-state index in [1.165, 1.54) is 13.1 Å². The van der Waals surface area contributed by atoms with Crippen LogP contribution in [0.5, 0.6) is 0 Å². The molecule has 0 aliphatic rings. The first-order chi connectivity index (χ1) is 6.34. The molecule has 0 N–H and O–H groups in total. The van der Waals surface area contributed by atoms with Crippen molar-refractivity contribution >= 4 is 11.8 Å². The van der Waals surface area contributed by atoms with E-state index < -0.39 is 5.97 Å². The Morgan fingerprint density at radius 2 is 1.79 bits per heavy atom. The molecule has 0 aromatic rings. The number of ketones is 1. The number of esters is 1. The van der Waals surface area contributed by atoms with Crippen LogP contribution in [0.3, 0.4) is 0 Å². The molecule has 4 heteroatoms. The average Bonchev–Trinajstić information content (AvgIpc) is 1.97. The smallest absolute Gasteiger partial charge is 0.343 e. The second-order valence-corrected chi connectivity index (χ2v) is 3.52. The van der Waals surface area contributed by atoms with Gasteiger partial charge in [-0.1, -0.05) is 0 Å². The molecule has 0 aliphatic heterocycles. The average molecular weight is 199 g/mol. The van der Waals surface area contributed by atoms with Gasteiger partial charge in [0.25, 0.3) is 0 Å². The second kappa shape index (κ2) is 5.42. The molecule has 0 aromatic heterocycles. The van der Waals surface area contributed by atoms with Gasteiger partial charge < -0.3 is 9.64 Å². The molecule has 0 aliphatic carbocycles. The van der Waals surface area contributed by atoms with Crippen LogP contribution < -0.4 is 0 Å². The van der Waals surface area contributed by atoms with Gasteiger partial charge in [-0.25, -0.2) is 4.79 Å². The first-order valence-electron chi connectivity index (χ1n) is 4.44. The molecular formula is C10H17NO3. The Kier molecular flexibility index (Phi) is 4.91. The van der Waals surface area contributed by atoms with E-state index in [1.54, 1.807) is 32.8 Å². The fourth-order valence-electron chi connectivity index (χ4n) is 0.823. The summed E-state index contributed by atoms with van der Waals surface area (Å²) in [7, 11) is 3.48. The Bertz CT molecular complexity index is 254. The van der Waals surface area contributed by atoms with Crippen molar-refractivity contribution in [2.45, 2.75) is 26.9 Å². The quantitative estimate of drug-likeness (QED) is 0.293. The minimum atomic E-state index is -0.568. The maximum absolute atomic E-state index is 11.4. The molecule has 0 atom stereocenters. The van der Waals surface area contributed by atoms with Crippen LogP contribution in [0.2, 0.25) is 0 Å². The van der Waals surface area contributed by atoms with Gasteiger partial charge in [0.15, 0.2) is 5.78 Å². The molecule has 0 radical (unpaired) electrons. The third-order valence-electron chi connectivity index (χ3n) is 1.33. The summed E-state index contributed by atoms with van der Waals surface area (Å²) < 4.78 is 4.92. The highest BCUT2D eigenvalue weighted by molar-refractivity contribution is 6.16. The second-order valence-electron chi connectivity index (χ2n) is 3.52. The Morgan fingerprint density at radius 3 is 2.07 bits per heavy atom. The summed E-state index contributed by atoms with van der Waals surface area (Å²) in [4.78, 5) is 24.1. The Morgan fingerprint density at radius 1 is 1.29 bits per heavy atom. The van der Waals surface area contributed by atoms with E-state index in [4.69, 9.17) is 4.74 Å². The van der Waals surface area contributed by atoms with Crippen LogP contribution in [-0.4, -0.2) is 36.9 Å². The SMILES string of the molecule is CC(=O)C(=CN(C)C)C(=O)OC(C)C. The van der Waals surface area contributed by atoms with Crippen molar-refractivity contribution in [2.75, 3.05) is 14.1 Å². The number of ether oxygens (including phenoxy) is 1. The van der Waals surface area contributed by atoms with E-state index >= 15 is 0 Å². The normalized spacial score (nSPS) is 11.4. The van der Waals surface area contributed by atoms with E-state index in [0.29, 0.717) is 0 Å². The standard InChI is InChI=1S/C10H17NO3/c1-7(2)14-10(13)9(8(3)12)6-11(4)5/h6-7H,1-5H3. The van der Waals surface area contributed by atoms with Gasteiger partial charge in [0, 0.05) is 20.3 Å². The lowest BCUT2D eigenvalue weighted by atomic mass is 10.2. The number of nitrogens with zero attached hydrogens (tertiary/aromatic N) is 1. The largest absolute Gasteiger partial charge is 0.459 e. The van der Waals surface area contributed by atoms with Crippen LogP contribution >= 0.6 is 0 Å². The molecule has 0 heterocycles. The van der Waals surface area contributed by atoms with E-state index in [2.05, 4.69) is 0 Å². The lowest BCUT2D eigenvalue weighted by Gasteiger charge is -2.11. The van der Waals surface area contributed by atoms with Crippen LogP contribution in [-0.2, 0) is 14.3 Å². The summed E-state index contributed by atoms with van der Waals surface area (Å²) in [6.07, 6.45) is 1.25. The molecular weight excluding hydrogens is 182 g/mol. The highest BCUT2D eigenvalue weighted by Crippen LogP contribution is 2.03. The maximum atomic E-state index is 11.4. The Balaban J connectivity index is 4.68. The number of carbonyl (C=O) groups is 2. The Hall–Kier alpha value is -1.32. The number of Topliss-reactive ketones (excluding diaryl/α,β-unsaturated/α-hetero) is 1. The molecule has 0 unspecified atom stereocenters. The molecule has 4 nitrogen and oxygen atoms in total. The molecule has 0 saturated carbocycles. The van der Waals surface area contributed by atoms with E-state index in [0.717, 1.165) is 0 Å². The van der Waals surface area contributed by atoms with Crippen LogP contribution in [0.4, 0.5) is 0 Å². The molecule has 0 bridgehead atoms. The molecule has 0 fully saturated rings. The summed E-state index contributed by atoms with van der Waals surface area (Å²) in [6, 6.07) is 0. The van der Waals surface area contributed by atoms with Gasteiger partial charge in [-0.2, -0.15) is 0 Å². The van der Waals surface area contributed by atoms with Crippen molar-refractivity contribution < 1.29 is 14.3 Å². The fourth-order valence-corrected chi connectivity index (χ4v) is 0.823. The van der Waals surface area contributed by atoms with Gasteiger partial charge in [-0.3, -0.25) is 4.79 Å². The first-order valence-corrected chi connectivity index (χ1v) is 4.44. The molecule has 14 heavy (non-hydrogen) atoms. The summed E-state index contributed by atoms with van der Waals surface area (Å²) in [6.45, 7) is 4.83. The minimum absolute atomic E-state index is 0.0729. The van der Waals surface area contributed by atoms with E-state index in [9.17, 15) is 9.59 Å². The summed E-state index contributed by atoms with van der Waals surface area (Å²) in [5.41, 5.74) is 0.0729. The number of hydrogen-bond donors (Lipinski definition) is 0. The van der Waals surface area contributed by atoms with Gasteiger partial charge in [0.05, 0.1) is 6.10 Å². The predicted molar refractivity (Wildman–Crippen MR) is 53.7 cm³/mol. The topological polar surface area (TPSA) is 46.6 Å². The van der Waals surface area contributed by atoms with Crippen molar-refractivity contribution in [1.29, 1.82) is 0 Å². The van der Waals surface area contributed by atoms with Gasteiger partial charge in [-0.15, -0.1) is 0 Å². The summed E-state index contributed by atoms with van der Waals surface area (Å²) >= 11 is 0. The highest BCUT2D eigenvalue weighted by atomic mass is 16.5. The van der Waals surface area contributed by atoms with Crippen LogP contribution in [0.1, 0.15) is 20.8 Å². The van der Waals surface area contributed by atoms with Crippen LogP contribution in [0, 0.1) is 0 Å². The van der Waals surface area contributed by atoms with Crippen molar-refractivity contribution in [1.82, 2.24) is 4.90 Å². The molecule has 0 rings (SSSR count). The lowest BCUT2D eigenvalue weighted by molar-refractivity contribution is -0.143. The highest BCUT2D eigenvalue weighted by Gasteiger charge is 2.17. The summed E-state index contributed by atoms with van der Waals surface area (Å²) in [5, 5.41) is 0. The number of hydrogen-bond acceptors (Lipinski definition) is 4. The van der Waals surface area contributed by atoms with Crippen LogP contribution in [0.15, 0.2) is 11.8 Å². The third-order valence-corrected chi connectivity index (χ3v) is 1.33. The number of carbonyl (C=O) groups excluding carboxylic acids is 2. The molecule has 0 saturated heterocycles. The zero-order valence-electron chi connectivity index (χ0n) is 9.33. The van der Waals surface area contributed by atoms with Crippen molar-refractivity contribution in [3.63, 3.8) is 0 Å². The zero-order valence-corrected chi connectivity index (χ0v) is 9.33. The maximum Gasteiger partial charge on any atom is 0.343 e. The van der Waals surface area contributed by atoms with E-state index in [-0.39, 0.29) is 17.5 Å². The summed E-state index contributed by atoms with van der Waals surface area (Å²) in [5.74, 6) is -0.856. The lowest BCUT2D eigenvalue weighted by Crippen LogP contribution is -2.20. The van der Waals surface area contributed by atoms with Crippen molar-refractivity contribution in [2.24, 2.45) is 0 Å². The fraction of sp³-hybridized carbons (Fsp3) is 0.600. The Labute approximate surface area is 84.5 Å². The monoisotopic (exact) mass is 199 g/mol. The van der Waals surface area contributed by atoms with Gasteiger partial charge >= 0.3 is 5.97 Å². The number of rotatable bonds is 4. The van der Waals surface area contributed by atoms with E-state index in [1.807, 2.05) is 0 Å². The minimum Gasteiger partial charge on any atom is -0.459 e. The van der Waals surface area contributed by atoms with Crippen molar-refractivity contribution in [3.8, 4) is 0 Å². The van der Waals surface area contributed by atoms with Crippen molar-refractivity contribution in [3.05, 3.63) is 11.8 Å². The predicted octanol–water partition coefficient (Wildman–Crippen LogP) is 0.972. The van der Waals surface area contributed by atoms with Crippen LogP contribution in [0.25, 0.3) is 0 Å². The van der Waals surface area contributed by atoms with Gasteiger partial charge in [-0.05, 0) is 20.8 Å². The molecule has 80 valence electrons. The third kappa shape index (κ3) is 4.64. The zero-order chi connectivity index (χ0) is 11.3. The molecule has 0 amide bonds. The first kappa shape index (κ1) is 12.7.